The Bertz CT molecular complexity index is 1170. The second-order valence-corrected chi connectivity index (χ2v) is 8.38. The van der Waals surface area contributed by atoms with Crippen LogP contribution in [0.1, 0.15) is 27.7 Å². The Balaban J connectivity index is 1.51. The molecule has 0 amide bonds. The fraction of sp³-hybridized carbons (Fsp3) is 0.273. The molecule has 4 aromatic rings. The van der Waals surface area contributed by atoms with Crippen LogP contribution in [0, 0.1) is 0 Å². The summed E-state index contributed by atoms with van der Waals surface area (Å²) in [4.78, 5) is 9.19. The lowest BCUT2D eigenvalue weighted by atomic mass is 9.79. The van der Waals surface area contributed by atoms with E-state index in [0.29, 0.717) is 0 Å². The highest BCUT2D eigenvalue weighted by atomic mass is 16.7. The minimum Gasteiger partial charge on any atom is -0.472 e. The number of aromatic nitrogens is 3. The van der Waals surface area contributed by atoms with E-state index in [4.69, 9.17) is 13.7 Å². The Labute approximate surface area is 169 Å². The molecule has 1 fully saturated rings. The molecule has 3 aromatic heterocycles. The molecule has 146 valence electrons. The summed E-state index contributed by atoms with van der Waals surface area (Å²) >= 11 is 0. The van der Waals surface area contributed by atoms with Gasteiger partial charge in [-0.05, 0) is 57.4 Å². The highest BCUT2D eigenvalue weighted by molar-refractivity contribution is 6.62. The number of hydrogen-bond acceptors (Lipinski definition) is 5. The highest BCUT2D eigenvalue weighted by Crippen LogP contribution is 2.36. The van der Waals surface area contributed by atoms with Crippen LogP contribution >= 0.6 is 0 Å². The standard InChI is InChI=1S/C22H22BN3O3/c1-21(2)22(3,4)29-23(28-21)17-6-5-7-18(11-17)26-14-25-19-10-16(12-24-20(19)26)15-8-9-27-13-15/h5-14H,1-4H3. The van der Waals surface area contributed by atoms with Crippen molar-refractivity contribution in [3.05, 3.63) is 61.4 Å². The lowest BCUT2D eigenvalue weighted by Crippen LogP contribution is -2.41. The lowest BCUT2D eigenvalue weighted by Gasteiger charge is -2.32. The minimum absolute atomic E-state index is 0.375. The van der Waals surface area contributed by atoms with E-state index in [1.54, 1.807) is 18.9 Å². The summed E-state index contributed by atoms with van der Waals surface area (Å²) < 4.78 is 19.5. The number of furan rings is 1. The van der Waals surface area contributed by atoms with E-state index in [1.807, 2.05) is 41.1 Å². The molecule has 0 N–H and O–H groups in total. The van der Waals surface area contributed by atoms with Gasteiger partial charge in [0.05, 0.1) is 23.7 Å². The van der Waals surface area contributed by atoms with Gasteiger partial charge in [-0.25, -0.2) is 9.97 Å². The van der Waals surface area contributed by atoms with Crippen molar-refractivity contribution >= 4 is 23.7 Å². The Morgan fingerprint density at radius 2 is 1.72 bits per heavy atom. The maximum absolute atomic E-state index is 6.20. The van der Waals surface area contributed by atoms with Gasteiger partial charge in [-0.15, -0.1) is 0 Å². The van der Waals surface area contributed by atoms with Crippen LogP contribution in [0.2, 0.25) is 0 Å². The van der Waals surface area contributed by atoms with Crippen molar-refractivity contribution in [2.45, 2.75) is 38.9 Å². The molecular formula is C22H22BN3O3. The molecule has 7 heteroatoms. The predicted octanol–water partition coefficient (Wildman–Crippen LogP) is 3.98. The summed E-state index contributed by atoms with van der Waals surface area (Å²) in [5.74, 6) is 0. The lowest BCUT2D eigenvalue weighted by molar-refractivity contribution is 0.00578. The quantitative estimate of drug-likeness (QED) is 0.498. The molecule has 29 heavy (non-hydrogen) atoms. The molecule has 1 aromatic carbocycles. The van der Waals surface area contributed by atoms with Crippen molar-refractivity contribution in [3.63, 3.8) is 0 Å². The van der Waals surface area contributed by atoms with Crippen LogP contribution in [0.3, 0.4) is 0 Å². The number of pyridine rings is 1. The SMILES string of the molecule is CC1(C)OB(c2cccc(-n3cnc4cc(-c5ccoc5)cnc43)c2)OC1(C)C. The zero-order valence-electron chi connectivity index (χ0n) is 16.9. The number of nitrogens with zero attached hydrogens (tertiary/aromatic N) is 3. The van der Waals surface area contributed by atoms with Gasteiger partial charge < -0.3 is 13.7 Å². The largest absolute Gasteiger partial charge is 0.494 e. The van der Waals surface area contributed by atoms with Gasteiger partial charge in [-0.1, -0.05) is 12.1 Å². The molecule has 0 aliphatic carbocycles. The van der Waals surface area contributed by atoms with Gasteiger partial charge >= 0.3 is 7.12 Å². The molecule has 0 radical (unpaired) electrons. The average Bonchev–Trinajstić information content (AvgIpc) is 3.40. The van der Waals surface area contributed by atoms with E-state index in [2.05, 4.69) is 43.7 Å². The first-order valence-corrected chi connectivity index (χ1v) is 9.66. The van der Waals surface area contributed by atoms with Gasteiger partial charge in [-0.2, -0.15) is 0 Å². The molecule has 1 saturated heterocycles. The molecule has 4 heterocycles. The van der Waals surface area contributed by atoms with Gasteiger partial charge in [0.15, 0.2) is 5.65 Å². The van der Waals surface area contributed by atoms with Gasteiger partial charge in [0.2, 0.25) is 0 Å². The van der Waals surface area contributed by atoms with Gasteiger partial charge in [-0.3, -0.25) is 4.57 Å². The third-order valence-corrected chi connectivity index (χ3v) is 5.92. The number of fused-ring (bicyclic) bond motifs is 1. The Morgan fingerprint density at radius 3 is 2.45 bits per heavy atom. The molecule has 0 saturated carbocycles. The number of benzene rings is 1. The monoisotopic (exact) mass is 387 g/mol. The van der Waals surface area contributed by atoms with Crippen LogP contribution < -0.4 is 5.46 Å². The van der Waals surface area contributed by atoms with Gasteiger partial charge in [0, 0.05) is 23.0 Å². The molecular weight excluding hydrogens is 365 g/mol. The number of imidazole rings is 1. The smallest absolute Gasteiger partial charge is 0.472 e. The topological polar surface area (TPSA) is 62.3 Å². The van der Waals surface area contributed by atoms with Crippen molar-refractivity contribution in [2.75, 3.05) is 0 Å². The van der Waals surface area contributed by atoms with Crippen molar-refractivity contribution in [1.29, 1.82) is 0 Å². The van der Waals surface area contributed by atoms with Crippen molar-refractivity contribution < 1.29 is 13.7 Å². The zero-order chi connectivity index (χ0) is 20.2. The van der Waals surface area contributed by atoms with Crippen molar-refractivity contribution in [2.24, 2.45) is 0 Å². The van der Waals surface area contributed by atoms with Crippen LogP contribution in [-0.2, 0) is 9.31 Å². The maximum Gasteiger partial charge on any atom is 0.494 e. The fourth-order valence-corrected chi connectivity index (χ4v) is 3.48. The third kappa shape index (κ3) is 2.98. The third-order valence-electron chi connectivity index (χ3n) is 5.92. The van der Waals surface area contributed by atoms with Crippen LogP contribution in [0.15, 0.2) is 65.9 Å². The van der Waals surface area contributed by atoms with E-state index in [9.17, 15) is 0 Å². The molecule has 0 spiro atoms. The van der Waals surface area contributed by atoms with Crippen molar-refractivity contribution in [3.8, 4) is 16.8 Å². The normalized spacial score (nSPS) is 17.9. The molecule has 0 bridgehead atoms. The van der Waals surface area contributed by atoms with Gasteiger partial charge in [0.1, 0.15) is 11.8 Å². The van der Waals surface area contributed by atoms with E-state index < -0.39 is 7.12 Å². The first-order valence-electron chi connectivity index (χ1n) is 9.66. The maximum atomic E-state index is 6.20. The van der Waals surface area contributed by atoms with Crippen molar-refractivity contribution in [1.82, 2.24) is 14.5 Å². The van der Waals surface area contributed by atoms with E-state index in [-0.39, 0.29) is 11.2 Å². The molecule has 0 atom stereocenters. The molecule has 1 aliphatic heterocycles. The average molecular weight is 387 g/mol. The Hall–Kier alpha value is -2.90. The molecule has 5 rings (SSSR count). The van der Waals surface area contributed by atoms with Crippen LogP contribution in [-0.4, -0.2) is 32.9 Å². The van der Waals surface area contributed by atoms with Gasteiger partial charge in [0.25, 0.3) is 0 Å². The Kier molecular flexibility index (Phi) is 3.95. The molecule has 1 aliphatic rings. The second kappa shape index (κ2) is 6.30. The van der Waals surface area contributed by atoms with E-state index in [1.165, 1.54) is 0 Å². The Morgan fingerprint density at radius 1 is 0.931 bits per heavy atom. The van der Waals surface area contributed by atoms with Crippen LogP contribution in [0.25, 0.3) is 28.0 Å². The molecule has 0 unspecified atom stereocenters. The number of rotatable bonds is 3. The summed E-state index contributed by atoms with van der Waals surface area (Å²) in [5.41, 5.74) is 4.76. The highest BCUT2D eigenvalue weighted by Gasteiger charge is 2.51. The van der Waals surface area contributed by atoms with Crippen LogP contribution in [0.5, 0.6) is 0 Å². The zero-order valence-corrected chi connectivity index (χ0v) is 16.9. The fourth-order valence-electron chi connectivity index (χ4n) is 3.48. The minimum atomic E-state index is -0.407. The summed E-state index contributed by atoms with van der Waals surface area (Å²) in [5, 5.41) is 0. The first-order chi connectivity index (χ1) is 13.8. The van der Waals surface area contributed by atoms with E-state index >= 15 is 0 Å². The predicted molar refractivity (Wildman–Crippen MR) is 112 cm³/mol. The summed E-state index contributed by atoms with van der Waals surface area (Å²) in [7, 11) is -0.407. The summed E-state index contributed by atoms with van der Waals surface area (Å²) in [6, 6.07) is 12.0. The van der Waals surface area contributed by atoms with E-state index in [0.717, 1.165) is 33.4 Å². The second-order valence-electron chi connectivity index (χ2n) is 8.38. The summed E-state index contributed by atoms with van der Waals surface area (Å²) in [6.07, 6.45) is 6.98. The summed E-state index contributed by atoms with van der Waals surface area (Å²) in [6.45, 7) is 8.23. The van der Waals surface area contributed by atoms with Crippen LogP contribution in [0.4, 0.5) is 0 Å². The first kappa shape index (κ1) is 18.2. The number of hydrogen-bond donors (Lipinski definition) is 0. The molecule has 6 nitrogen and oxygen atoms in total.